The Morgan fingerprint density at radius 3 is 2.71 bits per heavy atom. The van der Waals surface area contributed by atoms with Gasteiger partial charge in [-0.15, -0.1) is 0 Å². The van der Waals surface area contributed by atoms with Gasteiger partial charge in [0.1, 0.15) is 11.6 Å². The zero-order chi connectivity index (χ0) is 15.4. The topological polar surface area (TPSA) is 38.3 Å². The average Bonchev–Trinajstić information content (AvgIpc) is 2.45. The van der Waals surface area contributed by atoms with Crippen LogP contribution in [0.4, 0.5) is 10.1 Å². The molecule has 0 radical (unpaired) electrons. The van der Waals surface area contributed by atoms with Crippen LogP contribution >= 0.6 is 15.9 Å². The number of halogens is 2. The summed E-state index contributed by atoms with van der Waals surface area (Å²) in [6.45, 7) is 4.13. The van der Waals surface area contributed by atoms with Crippen LogP contribution in [0.1, 0.15) is 22.8 Å². The molecule has 21 heavy (non-hydrogen) atoms. The monoisotopic (exact) mass is 351 g/mol. The summed E-state index contributed by atoms with van der Waals surface area (Å²) in [5.41, 5.74) is 2.00. The van der Waals surface area contributed by atoms with Crippen LogP contribution in [0.25, 0.3) is 0 Å². The van der Waals surface area contributed by atoms with Gasteiger partial charge in [0.05, 0.1) is 12.3 Å². The summed E-state index contributed by atoms with van der Waals surface area (Å²) >= 11 is 3.39. The van der Waals surface area contributed by atoms with Gasteiger partial charge in [0.15, 0.2) is 0 Å². The molecule has 110 valence electrons. The first-order valence-corrected chi connectivity index (χ1v) is 7.30. The molecule has 0 saturated heterocycles. The fourth-order valence-electron chi connectivity index (χ4n) is 1.80. The van der Waals surface area contributed by atoms with Crippen molar-refractivity contribution in [1.29, 1.82) is 0 Å². The molecule has 0 bridgehead atoms. The first kappa shape index (κ1) is 15.5. The summed E-state index contributed by atoms with van der Waals surface area (Å²) in [7, 11) is 0. The second-order valence-electron chi connectivity index (χ2n) is 4.49. The summed E-state index contributed by atoms with van der Waals surface area (Å²) in [6.07, 6.45) is 0. The molecule has 0 spiro atoms. The molecule has 0 aliphatic heterocycles. The van der Waals surface area contributed by atoms with Gasteiger partial charge in [-0.3, -0.25) is 4.79 Å². The summed E-state index contributed by atoms with van der Waals surface area (Å²) in [5, 5.41) is 2.73. The lowest BCUT2D eigenvalue weighted by Crippen LogP contribution is -2.13. The predicted molar refractivity (Wildman–Crippen MR) is 84.4 cm³/mol. The molecule has 5 heteroatoms. The third-order valence-electron chi connectivity index (χ3n) is 2.93. The summed E-state index contributed by atoms with van der Waals surface area (Å²) in [4.78, 5) is 12.2. The lowest BCUT2D eigenvalue weighted by atomic mass is 10.1. The van der Waals surface area contributed by atoms with Gasteiger partial charge in [-0.25, -0.2) is 4.39 Å². The van der Waals surface area contributed by atoms with Crippen LogP contribution in [0.15, 0.2) is 40.9 Å². The van der Waals surface area contributed by atoms with Gasteiger partial charge in [-0.2, -0.15) is 0 Å². The Morgan fingerprint density at radius 1 is 1.29 bits per heavy atom. The van der Waals surface area contributed by atoms with E-state index in [1.807, 2.05) is 13.0 Å². The summed E-state index contributed by atoms with van der Waals surface area (Å²) in [6, 6.07) is 9.36. The smallest absolute Gasteiger partial charge is 0.255 e. The van der Waals surface area contributed by atoms with Crippen molar-refractivity contribution in [2.45, 2.75) is 13.8 Å². The van der Waals surface area contributed by atoms with E-state index in [1.165, 1.54) is 18.2 Å². The molecule has 0 aliphatic carbocycles. The highest BCUT2D eigenvalue weighted by Gasteiger charge is 2.11. The highest BCUT2D eigenvalue weighted by Crippen LogP contribution is 2.26. The van der Waals surface area contributed by atoms with Crippen molar-refractivity contribution in [1.82, 2.24) is 0 Å². The van der Waals surface area contributed by atoms with E-state index in [4.69, 9.17) is 4.74 Å². The van der Waals surface area contributed by atoms with Crippen LogP contribution in [0, 0.1) is 12.7 Å². The van der Waals surface area contributed by atoms with E-state index in [2.05, 4.69) is 21.2 Å². The molecule has 0 atom stereocenters. The van der Waals surface area contributed by atoms with E-state index in [-0.39, 0.29) is 5.91 Å². The number of anilines is 1. The minimum Gasteiger partial charge on any atom is -0.492 e. The zero-order valence-corrected chi connectivity index (χ0v) is 13.3. The number of hydrogen-bond acceptors (Lipinski definition) is 2. The highest BCUT2D eigenvalue weighted by molar-refractivity contribution is 9.10. The van der Waals surface area contributed by atoms with Gasteiger partial charge < -0.3 is 10.1 Å². The number of ether oxygens (including phenoxy) is 1. The average molecular weight is 352 g/mol. The molecular formula is C16H15BrFNO2. The van der Waals surface area contributed by atoms with Crippen molar-refractivity contribution in [3.8, 4) is 5.75 Å². The Balaban J connectivity index is 2.24. The van der Waals surface area contributed by atoms with Crippen LogP contribution in [-0.4, -0.2) is 12.5 Å². The molecule has 1 N–H and O–H groups in total. The molecule has 2 aromatic rings. The SMILES string of the molecule is CCOc1cc(F)ccc1NC(=O)c1ccc(C)c(Br)c1. The highest BCUT2D eigenvalue weighted by atomic mass is 79.9. The predicted octanol–water partition coefficient (Wildman–Crippen LogP) is 4.55. The Hall–Kier alpha value is -1.88. The largest absolute Gasteiger partial charge is 0.492 e. The fraction of sp³-hybridized carbons (Fsp3) is 0.188. The zero-order valence-electron chi connectivity index (χ0n) is 11.7. The third kappa shape index (κ3) is 3.82. The number of rotatable bonds is 4. The van der Waals surface area contributed by atoms with Gasteiger partial charge in [0.2, 0.25) is 0 Å². The molecule has 2 rings (SSSR count). The first-order chi connectivity index (χ1) is 10.0. The Kier molecular flexibility index (Phi) is 4.96. The number of carbonyl (C=O) groups excluding carboxylic acids is 1. The van der Waals surface area contributed by atoms with E-state index in [0.29, 0.717) is 23.6 Å². The number of carbonyl (C=O) groups is 1. The fourth-order valence-corrected chi connectivity index (χ4v) is 2.18. The second-order valence-corrected chi connectivity index (χ2v) is 5.35. The molecule has 0 heterocycles. The first-order valence-electron chi connectivity index (χ1n) is 6.51. The van der Waals surface area contributed by atoms with Gasteiger partial charge in [0.25, 0.3) is 5.91 Å². The molecule has 0 fully saturated rings. The van der Waals surface area contributed by atoms with Crippen molar-refractivity contribution in [3.63, 3.8) is 0 Å². The van der Waals surface area contributed by atoms with Crippen molar-refractivity contribution < 1.29 is 13.9 Å². The van der Waals surface area contributed by atoms with Crippen molar-refractivity contribution in [3.05, 3.63) is 57.8 Å². The van der Waals surface area contributed by atoms with E-state index < -0.39 is 5.82 Å². The number of amides is 1. The molecule has 1 amide bonds. The van der Waals surface area contributed by atoms with Crippen LogP contribution in [0.3, 0.4) is 0 Å². The van der Waals surface area contributed by atoms with Crippen LogP contribution in [-0.2, 0) is 0 Å². The lowest BCUT2D eigenvalue weighted by Gasteiger charge is -2.12. The van der Waals surface area contributed by atoms with Gasteiger partial charge >= 0.3 is 0 Å². The van der Waals surface area contributed by atoms with Gasteiger partial charge in [-0.05, 0) is 43.7 Å². The van der Waals surface area contributed by atoms with Crippen molar-refractivity contribution in [2.75, 3.05) is 11.9 Å². The van der Waals surface area contributed by atoms with E-state index in [1.54, 1.807) is 19.1 Å². The normalized spacial score (nSPS) is 10.3. The second kappa shape index (κ2) is 6.72. The van der Waals surface area contributed by atoms with Crippen LogP contribution in [0.5, 0.6) is 5.75 Å². The third-order valence-corrected chi connectivity index (χ3v) is 3.78. The summed E-state index contributed by atoms with van der Waals surface area (Å²) in [5.74, 6) is -0.366. The molecular weight excluding hydrogens is 337 g/mol. The van der Waals surface area contributed by atoms with Gasteiger partial charge in [-0.1, -0.05) is 22.0 Å². The van der Waals surface area contributed by atoms with Crippen LogP contribution in [0.2, 0.25) is 0 Å². The maximum Gasteiger partial charge on any atom is 0.255 e. The minimum absolute atomic E-state index is 0.275. The molecule has 0 unspecified atom stereocenters. The van der Waals surface area contributed by atoms with Crippen molar-refractivity contribution >= 4 is 27.5 Å². The van der Waals surface area contributed by atoms with Crippen LogP contribution < -0.4 is 10.1 Å². The molecule has 0 aromatic heterocycles. The Labute approximate surface area is 131 Å². The molecule has 2 aromatic carbocycles. The molecule has 0 saturated carbocycles. The van der Waals surface area contributed by atoms with Gasteiger partial charge in [0, 0.05) is 16.1 Å². The standard InChI is InChI=1S/C16H15BrFNO2/c1-3-21-15-9-12(18)6-7-14(15)19-16(20)11-5-4-10(2)13(17)8-11/h4-9H,3H2,1-2H3,(H,19,20). The number of benzene rings is 2. The van der Waals surface area contributed by atoms with E-state index in [0.717, 1.165) is 10.0 Å². The quantitative estimate of drug-likeness (QED) is 0.877. The van der Waals surface area contributed by atoms with Crippen molar-refractivity contribution in [2.24, 2.45) is 0 Å². The molecule has 0 aliphatic rings. The Morgan fingerprint density at radius 2 is 2.05 bits per heavy atom. The maximum absolute atomic E-state index is 13.2. The minimum atomic E-state index is -0.408. The number of nitrogens with one attached hydrogen (secondary N) is 1. The number of aryl methyl sites for hydroxylation is 1. The lowest BCUT2D eigenvalue weighted by molar-refractivity contribution is 0.102. The van der Waals surface area contributed by atoms with E-state index >= 15 is 0 Å². The van der Waals surface area contributed by atoms with E-state index in [9.17, 15) is 9.18 Å². The number of hydrogen-bond donors (Lipinski definition) is 1. The summed E-state index contributed by atoms with van der Waals surface area (Å²) < 4.78 is 19.4. The maximum atomic E-state index is 13.2. The molecule has 3 nitrogen and oxygen atoms in total. The Bertz CT molecular complexity index is 673.